The summed E-state index contributed by atoms with van der Waals surface area (Å²) in [6, 6.07) is 0. The molecule has 0 heterocycles. The normalized spacial score (nSPS) is 14.2. The maximum Gasteiger partial charge on any atom is 0.472 e. The van der Waals surface area contributed by atoms with Crippen LogP contribution in [0.2, 0.25) is 0 Å². The number of rotatable bonds is 77. The zero-order valence-corrected chi connectivity index (χ0v) is 65.2. The molecule has 576 valence electrons. The first-order valence-corrected chi connectivity index (χ1v) is 43.5. The second kappa shape index (κ2) is 69.8. The molecule has 0 aromatic rings. The lowest BCUT2D eigenvalue weighted by molar-refractivity contribution is -0.161. The van der Waals surface area contributed by atoms with Gasteiger partial charge in [0.05, 0.1) is 26.4 Å². The van der Waals surface area contributed by atoms with E-state index in [0.717, 1.165) is 102 Å². The Balaban J connectivity index is 5.19. The van der Waals surface area contributed by atoms with E-state index in [9.17, 15) is 43.2 Å². The largest absolute Gasteiger partial charge is 0.472 e. The van der Waals surface area contributed by atoms with Crippen molar-refractivity contribution in [3.8, 4) is 0 Å². The van der Waals surface area contributed by atoms with E-state index in [1.807, 2.05) is 0 Å². The van der Waals surface area contributed by atoms with Crippen LogP contribution in [0.3, 0.4) is 0 Å². The first-order chi connectivity index (χ1) is 46.9. The molecule has 0 aliphatic carbocycles. The Morgan fingerprint density at radius 1 is 0.299 bits per heavy atom. The quantitative estimate of drug-likeness (QED) is 0.0222. The summed E-state index contributed by atoms with van der Waals surface area (Å²) in [5.74, 6) is -0.537. The molecule has 0 aliphatic rings. The Morgan fingerprint density at radius 2 is 0.526 bits per heavy atom. The van der Waals surface area contributed by atoms with Crippen LogP contribution in [-0.4, -0.2) is 96.7 Å². The van der Waals surface area contributed by atoms with Crippen LogP contribution in [0.1, 0.15) is 408 Å². The number of ether oxygens (including phenoxy) is 4. The topological polar surface area (TPSA) is 237 Å². The van der Waals surface area contributed by atoms with Crippen molar-refractivity contribution in [3.63, 3.8) is 0 Å². The number of aliphatic hydroxyl groups excluding tert-OH is 1. The van der Waals surface area contributed by atoms with Gasteiger partial charge in [0, 0.05) is 25.7 Å². The highest BCUT2D eigenvalue weighted by atomic mass is 31.2. The van der Waals surface area contributed by atoms with E-state index in [-0.39, 0.29) is 25.7 Å². The summed E-state index contributed by atoms with van der Waals surface area (Å²) < 4.78 is 68.5. The number of carbonyl (C=O) groups is 4. The molecule has 0 rings (SSSR count). The standard InChI is InChI=1S/C78H152O17P2/c1-7-10-12-14-16-18-20-21-29-33-36-42-48-54-60-75(80)88-66-73(94-78(83)63-57-51-44-38-34-30-27-25-23-22-24-26-28-32-35-41-47-53-59-71(6)9-3)68-92-96(84,85)90-64-72(79)65-91-97(86,87)93-69-74(67-89-76(81)61-55-49-45-39-40-46-52-58-70(4)5)95-77(82)62-56-50-43-37-31-19-17-15-13-11-8-2/h70-74,79H,7-69H2,1-6H3,(H,84,85)(H,86,87)/t71?,72-,73-,74-/m1/s1. The van der Waals surface area contributed by atoms with Gasteiger partial charge in [-0.25, -0.2) is 9.13 Å². The molecule has 3 N–H and O–H groups in total. The van der Waals surface area contributed by atoms with E-state index in [1.165, 1.54) is 218 Å². The van der Waals surface area contributed by atoms with Crippen molar-refractivity contribution in [2.75, 3.05) is 39.6 Å². The number of unbranched alkanes of at least 4 members (excludes halogenated alkanes) is 46. The predicted octanol–water partition coefficient (Wildman–Crippen LogP) is 23.1. The van der Waals surface area contributed by atoms with Crippen molar-refractivity contribution in [2.24, 2.45) is 11.8 Å². The Bertz CT molecular complexity index is 1870. The van der Waals surface area contributed by atoms with Crippen LogP contribution < -0.4 is 0 Å². The van der Waals surface area contributed by atoms with Crippen molar-refractivity contribution >= 4 is 39.5 Å². The number of esters is 4. The van der Waals surface area contributed by atoms with Gasteiger partial charge in [-0.3, -0.25) is 37.3 Å². The third-order valence-electron chi connectivity index (χ3n) is 18.6. The molecule has 0 aromatic heterocycles. The number of aliphatic hydroxyl groups is 1. The van der Waals surface area contributed by atoms with Gasteiger partial charge in [0.1, 0.15) is 19.3 Å². The van der Waals surface area contributed by atoms with Gasteiger partial charge in [0.25, 0.3) is 0 Å². The zero-order valence-electron chi connectivity index (χ0n) is 63.4. The van der Waals surface area contributed by atoms with Crippen LogP contribution >= 0.6 is 15.6 Å². The molecular weight excluding hydrogens is 1270 g/mol. The lowest BCUT2D eigenvalue weighted by atomic mass is 9.99. The van der Waals surface area contributed by atoms with E-state index in [1.54, 1.807) is 0 Å². The fourth-order valence-corrected chi connectivity index (χ4v) is 13.6. The third-order valence-corrected chi connectivity index (χ3v) is 20.5. The molecule has 17 nitrogen and oxygen atoms in total. The van der Waals surface area contributed by atoms with Gasteiger partial charge in [-0.1, -0.05) is 356 Å². The molecule has 97 heavy (non-hydrogen) atoms. The van der Waals surface area contributed by atoms with E-state index in [0.29, 0.717) is 31.6 Å². The Morgan fingerprint density at radius 3 is 0.784 bits per heavy atom. The Labute approximate surface area is 594 Å². The minimum absolute atomic E-state index is 0.106. The van der Waals surface area contributed by atoms with Gasteiger partial charge in [-0.15, -0.1) is 0 Å². The monoisotopic (exact) mass is 1420 g/mol. The minimum Gasteiger partial charge on any atom is -0.462 e. The Hall–Kier alpha value is -1.94. The van der Waals surface area contributed by atoms with Crippen LogP contribution in [0.5, 0.6) is 0 Å². The van der Waals surface area contributed by atoms with Gasteiger partial charge in [-0.2, -0.15) is 0 Å². The first kappa shape index (κ1) is 95.1. The van der Waals surface area contributed by atoms with E-state index in [4.69, 9.17) is 37.0 Å². The number of carbonyl (C=O) groups excluding carboxylic acids is 4. The maximum absolute atomic E-state index is 13.1. The molecule has 0 fully saturated rings. The van der Waals surface area contributed by atoms with Gasteiger partial charge < -0.3 is 33.8 Å². The summed E-state index contributed by atoms with van der Waals surface area (Å²) in [6.45, 7) is 9.62. The highest BCUT2D eigenvalue weighted by Crippen LogP contribution is 2.45. The molecule has 6 atom stereocenters. The molecule has 19 heteroatoms. The van der Waals surface area contributed by atoms with Gasteiger partial charge in [0.2, 0.25) is 0 Å². The van der Waals surface area contributed by atoms with Crippen molar-refractivity contribution in [2.45, 2.75) is 426 Å². The van der Waals surface area contributed by atoms with Crippen molar-refractivity contribution < 1.29 is 80.2 Å². The molecule has 3 unspecified atom stereocenters. The van der Waals surface area contributed by atoms with Gasteiger partial charge >= 0.3 is 39.5 Å². The van der Waals surface area contributed by atoms with Gasteiger partial charge in [0.15, 0.2) is 12.2 Å². The van der Waals surface area contributed by atoms with E-state index >= 15 is 0 Å². The highest BCUT2D eigenvalue weighted by molar-refractivity contribution is 7.47. The Kier molecular flexibility index (Phi) is 68.4. The lowest BCUT2D eigenvalue weighted by Crippen LogP contribution is -2.30. The third kappa shape index (κ3) is 70.9. The predicted molar refractivity (Wildman–Crippen MR) is 395 cm³/mol. The van der Waals surface area contributed by atoms with Crippen LogP contribution in [0.4, 0.5) is 0 Å². The summed E-state index contributed by atoms with van der Waals surface area (Å²) in [5.41, 5.74) is 0. The first-order valence-electron chi connectivity index (χ1n) is 40.5. The van der Waals surface area contributed by atoms with Crippen LogP contribution in [0, 0.1) is 11.8 Å². The molecule has 0 amide bonds. The lowest BCUT2D eigenvalue weighted by Gasteiger charge is -2.21. The molecule has 0 saturated heterocycles. The molecule has 0 spiro atoms. The van der Waals surface area contributed by atoms with Crippen molar-refractivity contribution in [1.82, 2.24) is 0 Å². The van der Waals surface area contributed by atoms with Crippen LogP contribution in [0.25, 0.3) is 0 Å². The fraction of sp³-hybridized carbons (Fsp3) is 0.949. The number of hydrogen-bond donors (Lipinski definition) is 3. The summed E-state index contributed by atoms with van der Waals surface area (Å²) >= 11 is 0. The number of phosphoric ester groups is 2. The summed E-state index contributed by atoms with van der Waals surface area (Å²) in [5, 5.41) is 10.6. The SMILES string of the molecule is CCCCCCCCCCCCCCCCC(=O)OC[C@H](COP(=O)(O)OC[C@@H](O)COP(=O)(O)OC[C@@H](COC(=O)CCCCCCCCCC(C)C)OC(=O)CCCCCCCCCCCCC)OC(=O)CCCCCCCCCCCCCCCCCCCCC(C)CC. The molecule has 0 aliphatic heterocycles. The number of phosphoric acid groups is 2. The molecule has 0 saturated carbocycles. The average molecular weight is 1420 g/mol. The summed E-state index contributed by atoms with van der Waals surface area (Å²) in [6.07, 6.45) is 58.3. The van der Waals surface area contributed by atoms with E-state index < -0.39 is 97.5 Å². The summed E-state index contributed by atoms with van der Waals surface area (Å²) in [7, 11) is -9.91. The van der Waals surface area contributed by atoms with E-state index in [2.05, 4.69) is 41.5 Å². The molecule has 0 bridgehead atoms. The minimum atomic E-state index is -4.96. The maximum atomic E-state index is 13.1. The fourth-order valence-electron chi connectivity index (χ4n) is 12.0. The summed E-state index contributed by atoms with van der Waals surface area (Å²) in [4.78, 5) is 72.8. The smallest absolute Gasteiger partial charge is 0.462 e. The van der Waals surface area contributed by atoms with Crippen molar-refractivity contribution in [3.05, 3.63) is 0 Å². The van der Waals surface area contributed by atoms with Crippen molar-refractivity contribution in [1.29, 1.82) is 0 Å². The molecule has 0 radical (unpaired) electrons. The second-order valence-electron chi connectivity index (χ2n) is 28.8. The second-order valence-corrected chi connectivity index (χ2v) is 31.7. The average Bonchev–Trinajstić information content (AvgIpc) is 1.08. The zero-order chi connectivity index (χ0) is 71.4. The van der Waals surface area contributed by atoms with Crippen LogP contribution in [0.15, 0.2) is 0 Å². The highest BCUT2D eigenvalue weighted by Gasteiger charge is 2.30. The van der Waals surface area contributed by atoms with Crippen LogP contribution in [-0.2, 0) is 65.4 Å². The number of hydrogen-bond acceptors (Lipinski definition) is 15. The molecular formula is C78H152O17P2. The van der Waals surface area contributed by atoms with Gasteiger partial charge in [-0.05, 0) is 37.5 Å². The molecule has 0 aromatic carbocycles.